The van der Waals surface area contributed by atoms with Crippen LogP contribution in [-0.4, -0.2) is 56.0 Å². The molecular weight excluding hydrogens is 214 g/mol. The molecule has 17 heavy (non-hydrogen) atoms. The van der Waals surface area contributed by atoms with E-state index in [1.165, 1.54) is 12.1 Å². The third-order valence-electron chi connectivity index (χ3n) is 3.13. The molecular formula is C13H25N3O. The molecule has 0 aromatic carbocycles. The Bertz CT molecular complexity index is 276. The van der Waals surface area contributed by atoms with Crippen molar-refractivity contribution in [2.45, 2.75) is 26.2 Å². The maximum atomic E-state index is 12.2. The third-order valence-corrected chi connectivity index (χ3v) is 3.13. The second-order valence-electron chi connectivity index (χ2n) is 4.57. The molecule has 0 saturated heterocycles. The Morgan fingerprint density at radius 3 is 2.82 bits per heavy atom. The summed E-state index contributed by atoms with van der Waals surface area (Å²) in [6.07, 6.45) is 5.57. The Morgan fingerprint density at radius 1 is 1.53 bits per heavy atom. The van der Waals surface area contributed by atoms with E-state index >= 15 is 0 Å². The Morgan fingerprint density at radius 2 is 2.29 bits per heavy atom. The second kappa shape index (κ2) is 7.45. The quantitative estimate of drug-likeness (QED) is 0.721. The lowest BCUT2D eigenvalue weighted by Crippen LogP contribution is -2.39. The smallest absolute Gasteiger partial charge is 0.240 e. The molecule has 0 atom stereocenters. The van der Waals surface area contributed by atoms with E-state index in [1.54, 1.807) is 0 Å². The first kappa shape index (κ1) is 14.2. The summed E-state index contributed by atoms with van der Waals surface area (Å²) in [5.41, 5.74) is 1.22. The molecule has 0 saturated carbocycles. The largest absolute Gasteiger partial charge is 0.318 e. The minimum absolute atomic E-state index is 0.222. The average molecular weight is 239 g/mol. The van der Waals surface area contributed by atoms with Gasteiger partial charge < -0.3 is 10.2 Å². The third kappa shape index (κ3) is 4.48. The molecule has 0 bridgehead atoms. The normalized spacial score (nSPS) is 15.2. The molecule has 0 aromatic rings. The summed E-state index contributed by atoms with van der Waals surface area (Å²) in [4.78, 5) is 16.2. The van der Waals surface area contributed by atoms with Crippen LogP contribution in [-0.2, 0) is 4.79 Å². The van der Waals surface area contributed by atoms with Crippen molar-refractivity contribution in [3.05, 3.63) is 11.8 Å². The highest BCUT2D eigenvalue weighted by Crippen LogP contribution is 2.21. The molecule has 1 N–H and O–H groups in total. The van der Waals surface area contributed by atoms with E-state index in [4.69, 9.17) is 0 Å². The van der Waals surface area contributed by atoms with Crippen molar-refractivity contribution in [2.75, 3.05) is 40.3 Å². The molecule has 0 aliphatic heterocycles. The molecule has 0 fully saturated rings. The summed E-state index contributed by atoms with van der Waals surface area (Å²) >= 11 is 0. The summed E-state index contributed by atoms with van der Waals surface area (Å²) in [5, 5.41) is 3.09. The van der Waals surface area contributed by atoms with Crippen LogP contribution >= 0.6 is 0 Å². The van der Waals surface area contributed by atoms with E-state index < -0.39 is 0 Å². The first-order valence-corrected chi connectivity index (χ1v) is 6.51. The van der Waals surface area contributed by atoms with Crippen LogP contribution in [0.5, 0.6) is 0 Å². The number of likely N-dealkylation sites (N-methyl/N-ethyl adjacent to an activating group) is 3. The van der Waals surface area contributed by atoms with E-state index in [0.29, 0.717) is 6.54 Å². The highest BCUT2D eigenvalue weighted by molar-refractivity contribution is 5.80. The van der Waals surface area contributed by atoms with Crippen molar-refractivity contribution in [1.29, 1.82) is 0 Å². The minimum Gasteiger partial charge on any atom is -0.318 e. The molecule has 1 amide bonds. The van der Waals surface area contributed by atoms with E-state index in [2.05, 4.69) is 16.3 Å². The summed E-state index contributed by atoms with van der Waals surface area (Å²) in [7, 11) is 3.92. The number of nitrogens with zero attached hydrogens (tertiary/aromatic N) is 2. The first-order chi connectivity index (χ1) is 8.19. The number of carbonyl (C=O) groups is 1. The number of nitrogens with one attached hydrogen (secondary N) is 1. The van der Waals surface area contributed by atoms with Crippen LogP contribution in [0.4, 0.5) is 0 Å². The molecule has 0 radical (unpaired) electrons. The van der Waals surface area contributed by atoms with Crippen molar-refractivity contribution in [3.8, 4) is 0 Å². The number of rotatable bonds is 7. The lowest BCUT2D eigenvalue weighted by atomic mass is 10.3. The fourth-order valence-electron chi connectivity index (χ4n) is 2.14. The van der Waals surface area contributed by atoms with E-state index in [0.717, 1.165) is 32.5 Å². The molecule has 98 valence electrons. The molecule has 0 aromatic heterocycles. The number of amides is 1. The van der Waals surface area contributed by atoms with Gasteiger partial charge in [-0.2, -0.15) is 0 Å². The van der Waals surface area contributed by atoms with Crippen molar-refractivity contribution >= 4 is 5.91 Å². The van der Waals surface area contributed by atoms with E-state index in [1.807, 2.05) is 25.9 Å². The number of hydrogen-bond acceptors (Lipinski definition) is 3. The second-order valence-corrected chi connectivity index (χ2v) is 4.57. The Kier molecular flexibility index (Phi) is 6.22. The van der Waals surface area contributed by atoms with Gasteiger partial charge in [0.15, 0.2) is 0 Å². The monoisotopic (exact) mass is 239 g/mol. The van der Waals surface area contributed by atoms with E-state index in [9.17, 15) is 4.79 Å². The Hall–Kier alpha value is -0.870. The van der Waals surface area contributed by atoms with Crippen molar-refractivity contribution < 1.29 is 4.79 Å². The van der Waals surface area contributed by atoms with Gasteiger partial charge >= 0.3 is 0 Å². The Labute approximate surface area is 105 Å². The van der Waals surface area contributed by atoms with Crippen LogP contribution in [0.15, 0.2) is 11.8 Å². The topological polar surface area (TPSA) is 35.6 Å². The van der Waals surface area contributed by atoms with Crippen LogP contribution in [0.2, 0.25) is 0 Å². The summed E-state index contributed by atoms with van der Waals surface area (Å²) in [6.45, 7) is 5.15. The number of hydrogen-bond donors (Lipinski definition) is 1. The van der Waals surface area contributed by atoms with Crippen LogP contribution in [0.3, 0.4) is 0 Å². The molecule has 1 rings (SSSR count). The number of carbonyl (C=O) groups excluding carboxylic acids is 1. The van der Waals surface area contributed by atoms with Gasteiger partial charge in [-0.15, -0.1) is 0 Å². The van der Waals surface area contributed by atoms with Gasteiger partial charge in [-0.25, -0.2) is 0 Å². The van der Waals surface area contributed by atoms with Crippen molar-refractivity contribution in [3.63, 3.8) is 0 Å². The zero-order valence-electron chi connectivity index (χ0n) is 11.3. The van der Waals surface area contributed by atoms with Crippen LogP contribution in [0.25, 0.3) is 0 Å². The fraction of sp³-hybridized carbons (Fsp3) is 0.769. The zero-order chi connectivity index (χ0) is 12.7. The first-order valence-electron chi connectivity index (χ1n) is 6.51. The van der Waals surface area contributed by atoms with Gasteiger partial charge in [-0.05, 0) is 40.3 Å². The molecule has 0 spiro atoms. The van der Waals surface area contributed by atoms with Gasteiger partial charge in [0.05, 0.1) is 6.54 Å². The van der Waals surface area contributed by atoms with E-state index in [-0.39, 0.29) is 5.91 Å². The predicted molar refractivity (Wildman–Crippen MR) is 70.7 cm³/mol. The minimum atomic E-state index is 0.222. The van der Waals surface area contributed by atoms with Crippen molar-refractivity contribution in [1.82, 2.24) is 15.1 Å². The van der Waals surface area contributed by atoms with Gasteiger partial charge in [0.2, 0.25) is 5.91 Å². The SMILES string of the molecule is CCN(C(=O)CN(C)CCNC)C1=CCCC1. The molecule has 0 heterocycles. The lowest BCUT2D eigenvalue weighted by molar-refractivity contribution is -0.130. The lowest BCUT2D eigenvalue weighted by Gasteiger charge is -2.25. The van der Waals surface area contributed by atoms with Crippen LogP contribution in [0.1, 0.15) is 26.2 Å². The maximum Gasteiger partial charge on any atom is 0.240 e. The molecule has 4 nitrogen and oxygen atoms in total. The van der Waals surface area contributed by atoms with Gasteiger partial charge in [0, 0.05) is 25.3 Å². The standard InChI is InChI=1S/C13H25N3O/c1-4-16(12-7-5-6-8-12)13(17)11-15(3)10-9-14-2/h7,14H,4-6,8-11H2,1-3H3. The van der Waals surface area contributed by atoms with Gasteiger partial charge in [-0.3, -0.25) is 9.69 Å². The van der Waals surface area contributed by atoms with Gasteiger partial charge in [0.1, 0.15) is 0 Å². The van der Waals surface area contributed by atoms with Gasteiger partial charge in [-0.1, -0.05) is 6.08 Å². The Balaban J connectivity index is 2.43. The van der Waals surface area contributed by atoms with Crippen LogP contribution < -0.4 is 5.32 Å². The summed E-state index contributed by atoms with van der Waals surface area (Å²) in [6, 6.07) is 0. The fourth-order valence-corrected chi connectivity index (χ4v) is 2.14. The molecule has 1 aliphatic rings. The average Bonchev–Trinajstić information content (AvgIpc) is 2.81. The predicted octanol–water partition coefficient (Wildman–Crippen LogP) is 1.05. The number of allylic oxidation sites excluding steroid dienone is 2. The zero-order valence-corrected chi connectivity index (χ0v) is 11.3. The van der Waals surface area contributed by atoms with Gasteiger partial charge in [0.25, 0.3) is 0 Å². The summed E-state index contributed by atoms with van der Waals surface area (Å²) < 4.78 is 0. The highest BCUT2D eigenvalue weighted by atomic mass is 16.2. The van der Waals surface area contributed by atoms with Crippen LogP contribution in [0, 0.1) is 0 Å². The van der Waals surface area contributed by atoms with Crippen molar-refractivity contribution in [2.24, 2.45) is 0 Å². The highest BCUT2D eigenvalue weighted by Gasteiger charge is 2.19. The molecule has 4 heteroatoms. The maximum absolute atomic E-state index is 12.2. The summed E-state index contributed by atoms with van der Waals surface area (Å²) in [5.74, 6) is 0.222. The molecule has 0 unspecified atom stereocenters. The molecule has 1 aliphatic carbocycles.